The van der Waals surface area contributed by atoms with Gasteiger partial charge in [0.05, 0.1) is 6.42 Å². The van der Waals surface area contributed by atoms with Gasteiger partial charge in [0, 0.05) is 19.5 Å². The van der Waals surface area contributed by atoms with E-state index in [0.717, 1.165) is 25.6 Å². The van der Waals surface area contributed by atoms with Crippen molar-refractivity contribution in [2.75, 3.05) is 26.2 Å². The Kier molecular flexibility index (Phi) is 6.46. The van der Waals surface area contributed by atoms with E-state index in [1.807, 2.05) is 13.8 Å². The number of likely N-dealkylation sites (tertiary alicyclic amines) is 1. The van der Waals surface area contributed by atoms with Gasteiger partial charge in [-0.3, -0.25) is 9.59 Å². The summed E-state index contributed by atoms with van der Waals surface area (Å²) in [4.78, 5) is 24.9. The first-order valence-corrected chi connectivity index (χ1v) is 7.49. The van der Waals surface area contributed by atoms with Crippen LogP contribution in [0.15, 0.2) is 0 Å². The third-order valence-electron chi connectivity index (χ3n) is 3.90. The Morgan fingerprint density at radius 1 is 1.25 bits per heavy atom. The number of piperidine rings is 1. The maximum atomic E-state index is 11.8. The van der Waals surface area contributed by atoms with Crippen LogP contribution in [0.25, 0.3) is 0 Å². The molecule has 116 valence electrons. The Bertz CT molecular complexity index is 334. The lowest BCUT2D eigenvalue weighted by atomic mass is 9.85. The number of hydrogen-bond acceptors (Lipinski definition) is 3. The average molecular weight is 284 g/mol. The molecule has 0 aromatic heterocycles. The highest BCUT2D eigenvalue weighted by atomic mass is 16.4. The molecule has 1 fully saturated rings. The van der Waals surface area contributed by atoms with E-state index < -0.39 is 11.4 Å². The number of carbonyl (C=O) groups is 2. The lowest BCUT2D eigenvalue weighted by Crippen LogP contribution is -2.40. The molecule has 0 aromatic carbocycles. The summed E-state index contributed by atoms with van der Waals surface area (Å²) < 4.78 is 0. The van der Waals surface area contributed by atoms with E-state index in [2.05, 4.69) is 17.1 Å². The standard InChI is InChI=1S/C15H28N2O3/c1-12-4-7-17(8-5-12)9-6-16-13(18)10-15(2,3)11-14(19)20/h12H,4-11H2,1-3H3,(H,16,18)(H,19,20). The molecule has 0 bridgehead atoms. The number of aliphatic carboxylic acids is 1. The Balaban J connectivity index is 2.18. The number of carboxylic acid groups (broad SMARTS) is 1. The largest absolute Gasteiger partial charge is 0.481 e. The van der Waals surface area contributed by atoms with Crippen molar-refractivity contribution >= 4 is 11.9 Å². The lowest BCUT2D eigenvalue weighted by Gasteiger charge is -2.30. The van der Waals surface area contributed by atoms with Crippen LogP contribution in [0.3, 0.4) is 0 Å². The number of carboxylic acids is 1. The molecule has 1 amide bonds. The van der Waals surface area contributed by atoms with Crippen LogP contribution in [0.5, 0.6) is 0 Å². The van der Waals surface area contributed by atoms with Crippen LogP contribution in [-0.2, 0) is 9.59 Å². The molecule has 0 radical (unpaired) electrons. The first-order chi connectivity index (χ1) is 9.28. The minimum Gasteiger partial charge on any atom is -0.481 e. The highest BCUT2D eigenvalue weighted by Crippen LogP contribution is 2.24. The van der Waals surface area contributed by atoms with Crippen molar-refractivity contribution in [1.82, 2.24) is 10.2 Å². The molecule has 0 saturated carbocycles. The Labute approximate surface area is 121 Å². The second kappa shape index (κ2) is 7.62. The predicted molar refractivity (Wildman–Crippen MR) is 78.5 cm³/mol. The SMILES string of the molecule is CC1CCN(CCNC(=O)CC(C)(C)CC(=O)O)CC1. The minimum absolute atomic E-state index is 0.0183. The third-order valence-corrected chi connectivity index (χ3v) is 3.90. The van der Waals surface area contributed by atoms with E-state index in [0.29, 0.717) is 6.54 Å². The molecule has 1 rings (SSSR count). The monoisotopic (exact) mass is 284 g/mol. The zero-order chi connectivity index (χ0) is 15.2. The van der Waals surface area contributed by atoms with E-state index >= 15 is 0 Å². The first kappa shape index (κ1) is 17.0. The van der Waals surface area contributed by atoms with Gasteiger partial charge in [-0.05, 0) is 37.3 Å². The highest BCUT2D eigenvalue weighted by molar-refractivity contribution is 5.77. The lowest BCUT2D eigenvalue weighted by molar-refractivity contribution is -0.139. The molecule has 1 aliphatic rings. The summed E-state index contributed by atoms with van der Waals surface area (Å²) in [6.45, 7) is 9.67. The maximum absolute atomic E-state index is 11.8. The fourth-order valence-corrected chi connectivity index (χ4v) is 2.61. The fourth-order valence-electron chi connectivity index (χ4n) is 2.61. The molecule has 0 aliphatic carbocycles. The number of rotatable bonds is 7. The Morgan fingerprint density at radius 2 is 1.85 bits per heavy atom. The summed E-state index contributed by atoms with van der Waals surface area (Å²) in [6.07, 6.45) is 2.75. The van der Waals surface area contributed by atoms with Crippen molar-refractivity contribution in [2.24, 2.45) is 11.3 Å². The topological polar surface area (TPSA) is 69.6 Å². The zero-order valence-corrected chi connectivity index (χ0v) is 12.9. The van der Waals surface area contributed by atoms with Gasteiger partial charge in [-0.1, -0.05) is 20.8 Å². The van der Waals surface area contributed by atoms with Gasteiger partial charge in [0.1, 0.15) is 0 Å². The molecule has 5 nitrogen and oxygen atoms in total. The van der Waals surface area contributed by atoms with Gasteiger partial charge in [0.2, 0.25) is 5.91 Å². The number of hydrogen-bond donors (Lipinski definition) is 2. The molecular formula is C15H28N2O3. The van der Waals surface area contributed by atoms with E-state index in [1.165, 1.54) is 12.8 Å². The smallest absolute Gasteiger partial charge is 0.303 e. The summed E-state index contributed by atoms with van der Waals surface area (Å²) in [5, 5.41) is 11.7. The van der Waals surface area contributed by atoms with Crippen LogP contribution in [0.2, 0.25) is 0 Å². The van der Waals surface area contributed by atoms with Crippen molar-refractivity contribution in [1.29, 1.82) is 0 Å². The second-order valence-corrected chi connectivity index (χ2v) is 6.79. The summed E-state index contributed by atoms with van der Waals surface area (Å²) in [5.41, 5.74) is -0.490. The average Bonchev–Trinajstić information content (AvgIpc) is 2.29. The Morgan fingerprint density at radius 3 is 2.40 bits per heavy atom. The minimum atomic E-state index is -0.856. The van der Waals surface area contributed by atoms with Gasteiger partial charge in [-0.15, -0.1) is 0 Å². The van der Waals surface area contributed by atoms with Crippen molar-refractivity contribution in [2.45, 2.75) is 46.5 Å². The van der Waals surface area contributed by atoms with Crippen molar-refractivity contribution in [3.8, 4) is 0 Å². The Hall–Kier alpha value is -1.10. The molecule has 2 N–H and O–H groups in total. The van der Waals surface area contributed by atoms with E-state index in [-0.39, 0.29) is 18.7 Å². The molecule has 1 saturated heterocycles. The van der Waals surface area contributed by atoms with Gasteiger partial charge in [0.25, 0.3) is 0 Å². The normalized spacial score (nSPS) is 17.9. The molecule has 20 heavy (non-hydrogen) atoms. The van der Waals surface area contributed by atoms with Crippen LogP contribution in [0.1, 0.15) is 46.5 Å². The van der Waals surface area contributed by atoms with Gasteiger partial charge < -0.3 is 15.3 Å². The number of nitrogens with zero attached hydrogens (tertiary/aromatic N) is 1. The molecular weight excluding hydrogens is 256 g/mol. The summed E-state index contributed by atoms with van der Waals surface area (Å²) in [5.74, 6) is -0.0930. The molecule has 0 spiro atoms. The number of nitrogens with one attached hydrogen (secondary N) is 1. The van der Waals surface area contributed by atoms with E-state index in [9.17, 15) is 9.59 Å². The van der Waals surface area contributed by atoms with Gasteiger partial charge in [0.15, 0.2) is 0 Å². The third kappa shape index (κ3) is 6.89. The van der Waals surface area contributed by atoms with Crippen LogP contribution in [-0.4, -0.2) is 48.1 Å². The number of amides is 1. The van der Waals surface area contributed by atoms with Crippen LogP contribution in [0.4, 0.5) is 0 Å². The van der Waals surface area contributed by atoms with Gasteiger partial charge >= 0.3 is 5.97 Å². The fraction of sp³-hybridized carbons (Fsp3) is 0.867. The quantitative estimate of drug-likeness (QED) is 0.747. The molecule has 0 unspecified atom stereocenters. The summed E-state index contributed by atoms with van der Waals surface area (Å²) >= 11 is 0. The van der Waals surface area contributed by atoms with Crippen LogP contribution >= 0.6 is 0 Å². The van der Waals surface area contributed by atoms with Crippen LogP contribution in [0, 0.1) is 11.3 Å². The van der Waals surface area contributed by atoms with E-state index in [4.69, 9.17) is 5.11 Å². The molecule has 1 heterocycles. The molecule has 1 aliphatic heterocycles. The summed E-state index contributed by atoms with van der Waals surface area (Å²) in [6, 6.07) is 0. The first-order valence-electron chi connectivity index (χ1n) is 7.49. The van der Waals surface area contributed by atoms with E-state index in [1.54, 1.807) is 0 Å². The number of carbonyl (C=O) groups excluding carboxylic acids is 1. The highest BCUT2D eigenvalue weighted by Gasteiger charge is 2.25. The predicted octanol–water partition coefficient (Wildman–Crippen LogP) is 1.73. The second-order valence-electron chi connectivity index (χ2n) is 6.79. The molecule has 5 heteroatoms. The maximum Gasteiger partial charge on any atom is 0.303 e. The molecule has 0 aromatic rings. The van der Waals surface area contributed by atoms with Gasteiger partial charge in [-0.2, -0.15) is 0 Å². The summed E-state index contributed by atoms with van der Waals surface area (Å²) in [7, 11) is 0. The zero-order valence-electron chi connectivity index (χ0n) is 12.9. The van der Waals surface area contributed by atoms with Crippen molar-refractivity contribution < 1.29 is 14.7 Å². The van der Waals surface area contributed by atoms with Crippen molar-refractivity contribution in [3.63, 3.8) is 0 Å². The van der Waals surface area contributed by atoms with Crippen molar-refractivity contribution in [3.05, 3.63) is 0 Å². The molecule has 0 atom stereocenters. The van der Waals surface area contributed by atoms with Gasteiger partial charge in [-0.25, -0.2) is 0 Å². The van der Waals surface area contributed by atoms with Crippen LogP contribution < -0.4 is 5.32 Å².